The summed E-state index contributed by atoms with van der Waals surface area (Å²) in [5.41, 5.74) is 3.24. The van der Waals surface area contributed by atoms with Crippen molar-refractivity contribution >= 4 is 15.8 Å². The van der Waals surface area contributed by atoms with Gasteiger partial charge >= 0.3 is 6.36 Å². The van der Waals surface area contributed by atoms with Gasteiger partial charge in [0.15, 0.2) is 0 Å². The van der Waals surface area contributed by atoms with Crippen molar-refractivity contribution in [2.45, 2.75) is 13.0 Å². The molecule has 3 aromatic rings. The Balaban J connectivity index is 1.65. The van der Waals surface area contributed by atoms with Crippen LogP contribution in [-0.4, -0.2) is 57.1 Å². The van der Waals surface area contributed by atoms with Crippen molar-refractivity contribution < 1.29 is 35.2 Å². The first kappa shape index (κ1) is 24.0. The van der Waals surface area contributed by atoms with Crippen molar-refractivity contribution in [3.63, 3.8) is 0 Å². The summed E-state index contributed by atoms with van der Waals surface area (Å²) in [5.74, 6) is -0.361. The van der Waals surface area contributed by atoms with Gasteiger partial charge in [-0.1, -0.05) is 12.1 Å². The van der Waals surface area contributed by atoms with E-state index in [1.807, 2.05) is 24.3 Å². The van der Waals surface area contributed by atoms with E-state index < -0.39 is 16.5 Å². The van der Waals surface area contributed by atoms with Crippen LogP contribution in [0.3, 0.4) is 0 Å². The number of ether oxygens (including phenoxy) is 2. The molecule has 2 aromatic carbocycles. The third-order valence-electron chi connectivity index (χ3n) is 5.04. The van der Waals surface area contributed by atoms with Crippen molar-refractivity contribution in [2.75, 3.05) is 37.5 Å². The van der Waals surface area contributed by atoms with Crippen LogP contribution >= 0.6 is 0 Å². The molecule has 0 saturated carbocycles. The molecular weight excluding hydrogens is 475 g/mol. The Kier molecular flexibility index (Phi) is 6.82. The molecular formula is C22H22F3N3O5S. The van der Waals surface area contributed by atoms with E-state index in [0.717, 1.165) is 30.6 Å². The standard InChI is InChI=1S/C22H22F3N3O5S/c1-34(29,30)32-15-17-14-21(16-2-4-18(5-3-16)27-10-12-31-13-11-27)28(26-17)19-6-8-20(9-7-19)33-22(23,24)25/h2-9,14H,10-13,15H2,1H3. The van der Waals surface area contributed by atoms with Crippen LogP contribution in [0, 0.1) is 0 Å². The largest absolute Gasteiger partial charge is 0.573 e. The van der Waals surface area contributed by atoms with Gasteiger partial charge in [0, 0.05) is 24.3 Å². The monoisotopic (exact) mass is 497 g/mol. The van der Waals surface area contributed by atoms with E-state index in [2.05, 4.69) is 14.7 Å². The number of anilines is 1. The van der Waals surface area contributed by atoms with Gasteiger partial charge in [0.1, 0.15) is 12.4 Å². The van der Waals surface area contributed by atoms with Crippen LogP contribution in [0.15, 0.2) is 54.6 Å². The van der Waals surface area contributed by atoms with E-state index in [0.29, 0.717) is 30.3 Å². The molecule has 4 rings (SSSR count). The molecule has 0 spiro atoms. The summed E-state index contributed by atoms with van der Waals surface area (Å²) in [6.45, 7) is 2.62. The molecule has 1 fully saturated rings. The number of aromatic nitrogens is 2. The minimum absolute atomic E-state index is 0.278. The van der Waals surface area contributed by atoms with Gasteiger partial charge < -0.3 is 14.4 Å². The molecule has 0 amide bonds. The Bertz CT molecular complexity index is 1220. The molecule has 2 heterocycles. The SMILES string of the molecule is CS(=O)(=O)OCc1cc(-c2ccc(N3CCOCC3)cc2)n(-c2ccc(OC(F)(F)F)cc2)n1. The summed E-state index contributed by atoms with van der Waals surface area (Å²) in [7, 11) is -3.68. The number of rotatable bonds is 7. The van der Waals surface area contributed by atoms with E-state index in [1.165, 1.54) is 28.9 Å². The van der Waals surface area contributed by atoms with Crippen molar-refractivity contribution in [2.24, 2.45) is 0 Å². The van der Waals surface area contributed by atoms with Crippen LogP contribution in [-0.2, 0) is 25.6 Å². The second-order valence-electron chi connectivity index (χ2n) is 7.59. The van der Waals surface area contributed by atoms with Gasteiger partial charge in [0.05, 0.1) is 36.5 Å². The maximum atomic E-state index is 12.5. The molecule has 0 bridgehead atoms. The van der Waals surface area contributed by atoms with Crippen molar-refractivity contribution in [1.29, 1.82) is 0 Å². The lowest BCUT2D eigenvalue weighted by atomic mass is 10.1. The van der Waals surface area contributed by atoms with Gasteiger partial charge in [-0.05, 0) is 42.5 Å². The minimum atomic E-state index is -4.79. The number of morpholine rings is 1. The van der Waals surface area contributed by atoms with E-state index in [4.69, 9.17) is 8.92 Å². The Labute approximate surface area is 194 Å². The van der Waals surface area contributed by atoms with Crippen LogP contribution in [0.1, 0.15) is 5.69 Å². The second-order valence-corrected chi connectivity index (χ2v) is 9.23. The van der Waals surface area contributed by atoms with Gasteiger partial charge in [-0.15, -0.1) is 13.2 Å². The lowest BCUT2D eigenvalue weighted by Gasteiger charge is -2.28. The predicted molar refractivity (Wildman–Crippen MR) is 118 cm³/mol. The summed E-state index contributed by atoms with van der Waals surface area (Å²) in [4.78, 5) is 2.20. The van der Waals surface area contributed by atoms with Gasteiger partial charge in [0.2, 0.25) is 0 Å². The van der Waals surface area contributed by atoms with E-state index in [1.54, 1.807) is 6.07 Å². The van der Waals surface area contributed by atoms with E-state index in [-0.39, 0.29) is 12.4 Å². The summed E-state index contributed by atoms with van der Waals surface area (Å²) in [6.07, 6.45) is -3.86. The van der Waals surface area contributed by atoms with Crippen LogP contribution in [0.2, 0.25) is 0 Å². The molecule has 12 heteroatoms. The maximum absolute atomic E-state index is 12.5. The summed E-state index contributed by atoms with van der Waals surface area (Å²) in [6, 6.07) is 14.6. The van der Waals surface area contributed by atoms with Crippen LogP contribution in [0.4, 0.5) is 18.9 Å². The second kappa shape index (κ2) is 9.65. The molecule has 1 saturated heterocycles. The van der Waals surface area contributed by atoms with Crippen molar-refractivity contribution in [3.8, 4) is 22.7 Å². The highest BCUT2D eigenvalue weighted by Crippen LogP contribution is 2.29. The zero-order chi connectivity index (χ0) is 24.3. The zero-order valence-corrected chi connectivity index (χ0v) is 19.0. The average Bonchev–Trinajstić information content (AvgIpc) is 3.22. The van der Waals surface area contributed by atoms with Crippen molar-refractivity contribution in [1.82, 2.24) is 9.78 Å². The van der Waals surface area contributed by atoms with Gasteiger partial charge in [0.25, 0.3) is 10.1 Å². The molecule has 1 aliphatic heterocycles. The molecule has 0 atom stereocenters. The first-order valence-electron chi connectivity index (χ1n) is 10.3. The molecule has 182 valence electrons. The lowest BCUT2D eigenvalue weighted by Crippen LogP contribution is -2.36. The predicted octanol–water partition coefficient (Wildman–Crippen LogP) is 3.75. The van der Waals surface area contributed by atoms with Crippen LogP contribution in [0.5, 0.6) is 5.75 Å². The fourth-order valence-electron chi connectivity index (χ4n) is 3.52. The number of hydrogen-bond acceptors (Lipinski definition) is 7. The van der Waals surface area contributed by atoms with E-state index >= 15 is 0 Å². The topological polar surface area (TPSA) is 82.9 Å². The molecule has 34 heavy (non-hydrogen) atoms. The highest BCUT2D eigenvalue weighted by atomic mass is 32.2. The fraction of sp³-hybridized carbons (Fsp3) is 0.318. The Hall–Kier alpha value is -3.09. The maximum Gasteiger partial charge on any atom is 0.573 e. The normalized spacial score (nSPS) is 14.9. The molecule has 8 nitrogen and oxygen atoms in total. The van der Waals surface area contributed by atoms with Crippen molar-refractivity contribution in [3.05, 3.63) is 60.3 Å². The number of alkyl halides is 3. The Morgan fingerprint density at radius 1 is 1.00 bits per heavy atom. The Morgan fingerprint density at radius 3 is 2.21 bits per heavy atom. The third-order valence-corrected chi connectivity index (χ3v) is 5.58. The van der Waals surface area contributed by atoms with Gasteiger partial charge in [-0.3, -0.25) is 4.18 Å². The molecule has 0 N–H and O–H groups in total. The number of hydrogen-bond donors (Lipinski definition) is 0. The zero-order valence-electron chi connectivity index (χ0n) is 18.2. The number of nitrogens with zero attached hydrogens (tertiary/aromatic N) is 3. The smallest absolute Gasteiger partial charge is 0.406 e. The Morgan fingerprint density at radius 2 is 1.62 bits per heavy atom. The number of halogens is 3. The number of benzene rings is 2. The first-order valence-corrected chi connectivity index (χ1v) is 12.1. The van der Waals surface area contributed by atoms with E-state index in [9.17, 15) is 21.6 Å². The van der Waals surface area contributed by atoms with Gasteiger partial charge in [-0.2, -0.15) is 13.5 Å². The molecule has 0 aliphatic carbocycles. The van der Waals surface area contributed by atoms with Gasteiger partial charge in [-0.25, -0.2) is 4.68 Å². The first-order chi connectivity index (χ1) is 16.1. The summed E-state index contributed by atoms with van der Waals surface area (Å²) < 4.78 is 76.0. The highest BCUT2D eigenvalue weighted by molar-refractivity contribution is 7.85. The molecule has 1 aromatic heterocycles. The quantitative estimate of drug-likeness (QED) is 0.460. The third kappa shape index (κ3) is 6.27. The van der Waals surface area contributed by atoms with Crippen LogP contribution in [0.25, 0.3) is 16.9 Å². The molecule has 0 unspecified atom stereocenters. The summed E-state index contributed by atoms with van der Waals surface area (Å²) in [5, 5.41) is 4.41. The molecule has 0 radical (unpaired) electrons. The molecule has 1 aliphatic rings. The average molecular weight is 497 g/mol. The van der Waals surface area contributed by atoms with Crippen LogP contribution < -0.4 is 9.64 Å². The fourth-order valence-corrected chi connectivity index (χ4v) is 3.86. The highest BCUT2D eigenvalue weighted by Gasteiger charge is 2.31. The lowest BCUT2D eigenvalue weighted by molar-refractivity contribution is -0.274. The summed E-state index contributed by atoms with van der Waals surface area (Å²) >= 11 is 0. The minimum Gasteiger partial charge on any atom is -0.406 e.